The minimum absolute atomic E-state index is 0. The Morgan fingerprint density at radius 3 is 1.27 bits per heavy atom. The van der Waals surface area contributed by atoms with Gasteiger partial charge >= 0.3 is 0 Å². The molecule has 0 spiro atoms. The van der Waals surface area contributed by atoms with Gasteiger partial charge in [0.05, 0.1) is 22.4 Å². The first kappa shape index (κ1) is 45.2. The maximum atomic E-state index is 13.2. The zero-order chi connectivity index (χ0) is 44.5. The van der Waals surface area contributed by atoms with Crippen molar-refractivity contribution in [2.24, 2.45) is 10.8 Å². The van der Waals surface area contributed by atoms with Crippen molar-refractivity contribution in [3.05, 3.63) is 181 Å². The predicted octanol–water partition coefficient (Wildman–Crippen LogP) is 14.2. The van der Waals surface area contributed by atoms with Crippen LogP contribution in [0.25, 0.3) is 87.7 Å². The van der Waals surface area contributed by atoms with Gasteiger partial charge in [-0.3, -0.25) is 14.8 Å². The van der Waals surface area contributed by atoms with Crippen molar-refractivity contribution in [1.29, 1.82) is 0 Å². The number of ketones is 1. The first-order valence-corrected chi connectivity index (χ1v) is 20.6. The number of hydrogen-bond donors (Lipinski definition) is 1. The van der Waals surface area contributed by atoms with E-state index in [2.05, 4.69) is 58.5 Å². The third-order valence-corrected chi connectivity index (χ3v) is 10.7. The minimum atomic E-state index is -0.417. The van der Waals surface area contributed by atoms with Gasteiger partial charge in [-0.1, -0.05) is 112 Å². The predicted molar refractivity (Wildman–Crippen MR) is 252 cm³/mol. The molecule has 9 heteroatoms. The molecule has 0 unspecified atom stereocenters. The Kier molecular flexibility index (Phi) is 13.1. The van der Waals surface area contributed by atoms with E-state index in [9.17, 15) is 18.7 Å². The first-order chi connectivity index (χ1) is 30.2. The zero-order valence-corrected chi connectivity index (χ0v) is 38.6. The minimum Gasteiger partial charge on any atom is -0.512 e. The normalized spacial score (nSPS) is 11.8. The second-order valence-electron chi connectivity index (χ2n) is 17.3. The molecule has 0 amide bonds. The molecule has 0 aliphatic heterocycles. The van der Waals surface area contributed by atoms with Crippen LogP contribution in [0.3, 0.4) is 0 Å². The summed E-state index contributed by atoms with van der Waals surface area (Å²) in [5.74, 6) is -0.417. The summed E-state index contributed by atoms with van der Waals surface area (Å²) in [5, 5.41) is 18.1. The Morgan fingerprint density at radius 2 is 0.891 bits per heavy atom. The summed E-state index contributed by atoms with van der Waals surface area (Å²) in [6.45, 7) is 11.1. The molecule has 10 rings (SSSR count). The van der Waals surface area contributed by atoms with Gasteiger partial charge in [-0.05, 0) is 59.3 Å². The van der Waals surface area contributed by atoms with Gasteiger partial charge in [-0.25, -0.2) is 8.78 Å². The van der Waals surface area contributed by atoms with E-state index in [1.807, 2.05) is 90.1 Å². The van der Waals surface area contributed by atoms with E-state index < -0.39 is 5.41 Å². The standard InChI is InChI=1S/2C22H12FN2.C11H20O2.Ir/c2*23-15-11-9-14(10-12-15)20-13-24-21-18-7-3-1-5-16(18)17-6-2-4-8-19(17)22(21)25-20;1-10(2,3)8(12)7-9(13)11(4,5)6;/h2*1-6,8-13H;7,12H,1-6H3;/q2*-1;;/b;;8-7-;. The van der Waals surface area contributed by atoms with E-state index in [0.29, 0.717) is 0 Å². The van der Waals surface area contributed by atoms with E-state index >= 15 is 0 Å². The fourth-order valence-electron chi connectivity index (χ4n) is 7.16. The Morgan fingerprint density at radius 1 is 0.516 bits per heavy atom. The van der Waals surface area contributed by atoms with Crippen molar-refractivity contribution < 1.29 is 38.8 Å². The van der Waals surface area contributed by atoms with Gasteiger partial charge in [-0.15, -0.1) is 59.3 Å². The quantitative estimate of drug-likeness (QED) is 0.0821. The van der Waals surface area contributed by atoms with Crippen LogP contribution in [0.2, 0.25) is 0 Å². The van der Waals surface area contributed by atoms with Crippen molar-refractivity contribution in [1.82, 2.24) is 19.9 Å². The molecule has 1 N–H and O–H groups in total. The number of carbonyl (C=O) groups is 1. The van der Waals surface area contributed by atoms with Crippen molar-refractivity contribution in [3.63, 3.8) is 0 Å². The van der Waals surface area contributed by atoms with Crippen LogP contribution < -0.4 is 0 Å². The number of carbonyl (C=O) groups excluding carboxylic acids is 1. The maximum absolute atomic E-state index is 13.2. The molecule has 2 heterocycles. The molecule has 10 aromatic rings. The van der Waals surface area contributed by atoms with Gasteiger partial charge < -0.3 is 15.1 Å². The molecule has 0 atom stereocenters. The molecule has 2 aromatic heterocycles. The molecule has 0 aliphatic carbocycles. The summed E-state index contributed by atoms with van der Waals surface area (Å²) in [6.07, 6.45) is 4.81. The Labute approximate surface area is 384 Å². The number of aliphatic hydroxyl groups excluding tert-OH is 1. The second kappa shape index (κ2) is 18.5. The number of aliphatic hydroxyl groups is 1. The molecule has 0 bridgehead atoms. The Bertz CT molecular complexity index is 3090. The van der Waals surface area contributed by atoms with E-state index in [0.717, 1.165) is 87.7 Å². The van der Waals surface area contributed by atoms with Gasteiger partial charge in [-0.2, -0.15) is 0 Å². The number of aromatic nitrogens is 4. The third-order valence-electron chi connectivity index (χ3n) is 10.7. The van der Waals surface area contributed by atoms with E-state index in [1.54, 1.807) is 36.7 Å². The van der Waals surface area contributed by atoms with Crippen molar-refractivity contribution in [2.75, 3.05) is 0 Å². The molecule has 6 nitrogen and oxygen atoms in total. The average Bonchev–Trinajstić information content (AvgIpc) is 3.29. The van der Waals surface area contributed by atoms with Crippen molar-refractivity contribution in [2.45, 2.75) is 41.5 Å². The Hall–Kier alpha value is -6.80. The molecule has 0 saturated carbocycles. The van der Waals surface area contributed by atoms with Gasteiger partial charge in [0.25, 0.3) is 0 Å². The monoisotopic (exact) mass is 1020 g/mol. The maximum Gasteiger partial charge on any atom is 0.164 e. The second-order valence-corrected chi connectivity index (χ2v) is 17.3. The van der Waals surface area contributed by atoms with Crippen LogP contribution >= 0.6 is 0 Å². The fourth-order valence-corrected chi connectivity index (χ4v) is 7.16. The summed E-state index contributed by atoms with van der Waals surface area (Å²) < 4.78 is 26.4. The largest absolute Gasteiger partial charge is 0.512 e. The molecule has 8 aromatic carbocycles. The number of halogens is 2. The van der Waals surface area contributed by atoms with Crippen molar-refractivity contribution in [3.8, 4) is 22.5 Å². The summed E-state index contributed by atoms with van der Waals surface area (Å²) in [5.41, 5.74) is 5.73. The van der Waals surface area contributed by atoms with E-state index in [1.165, 1.54) is 30.3 Å². The van der Waals surface area contributed by atoms with Crippen LogP contribution in [0.4, 0.5) is 8.78 Å². The fraction of sp³-hybridized carbons (Fsp3) is 0.145. The van der Waals surface area contributed by atoms with Gasteiger partial charge in [0.2, 0.25) is 0 Å². The Balaban J connectivity index is 0.000000151. The summed E-state index contributed by atoms with van der Waals surface area (Å²) in [4.78, 5) is 30.5. The SMILES string of the molecule is CC(C)(C)C(=O)/C=C(\O)C(C)(C)C.Fc1ccc(-c2cnc3c4[c-]cccc4c4ccccc4c3n2)cc1.Fc1ccc(-c2cnc3c4[c-]cccc4c4ccccc4c3n2)cc1.[Ir]. The number of rotatable bonds is 3. The van der Waals surface area contributed by atoms with Crippen LogP contribution in [0.1, 0.15) is 41.5 Å². The summed E-state index contributed by atoms with van der Waals surface area (Å²) in [6, 6.07) is 47.6. The molecule has 1 radical (unpaired) electrons. The van der Waals surface area contributed by atoms with Crippen LogP contribution in [0.15, 0.2) is 158 Å². The zero-order valence-electron chi connectivity index (χ0n) is 36.2. The molecule has 64 heavy (non-hydrogen) atoms. The average molecular weight is 1020 g/mol. The van der Waals surface area contributed by atoms with Gasteiger partial charge in [0.15, 0.2) is 5.78 Å². The number of fused-ring (bicyclic) bond motifs is 12. The molecule has 0 saturated heterocycles. The number of hydrogen-bond acceptors (Lipinski definition) is 6. The molecular formula is C55H44F2IrN4O2-2. The third kappa shape index (κ3) is 9.42. The van der Waals surface area contributed by atoms with Crippen LogP contribution in [0.5, 0.6) is 0 Å². The molecular weight excluding hydrogens is 979 g/mol. The van der Waals surface area contributed by atoms with Gasteiger partial charge in [0, 0.05) is 71.6 Å². The molecule has 321 valence electrons. The van der Waals surface area contributed by atoms with Crippen LogP contribution in [0, 0.1) is 34.6 Å². The van der Waals surface area contributed by atoms with E-state index in [-0.39, 0.29) is 48.7 Å². The van der Waals surface area contributed by atoms with Crippen LogP contribution in [-0.2, 0) is 24.9 Å². The van der Waals surface area contributed by atoms with E-state index in [4.69, 9.17) is 9.97 Å². The molecule has 0 fully saturated rings. The van der Waals surface area contributed by atoms with Crippen molar-refractivity contribution >= 4 is 70.9 Å². The van der Waals surface area contributed by atoms with Gasteiger partial charge in [0.1, 0.15) is 17.4 Å². The smallest absolute Gasteiger partial charge is 0.164 e. The number of nitrogens with zero attached hydrogens (tertiary/aromatic N) is 4. The summed E-state index contributed by atoms with van der Waals surface area (Å²) >= 11 is 0. The number of benzene rings is 8. The summed E-state index contributed by atoms with van der Waals surface area (Å²) in [7, 11) is 0. The topological polar surface area (TPSA) is 88.9 Å². The number of allylic oxidation sites excluding steroid dienone is 2. The first-order valence-electron chi connectivity index (χ1n) is 20.6. The molecule has 0 aliphatic rings. The van der Waals surface area contributed by atoms with Crippen LogP contribution in [-0.4, -0.2) is 30.8 Å².